The van der Waals surface area contributed by atoms with Gasteiger partial charge in [0, 0.05) is 0 Å². The van der Waals surface area contributed by atoms with Crippen molar-refractivity contribution in [3.63, 3.8) is 0 Å². The molecule has 190 valence electrons. The Kier molecular flexibility index (Phi) is 6.96. The summed E-state index contributed by atoms with van der Waals surface area (Å²) >= 11 is 1.15. The van der Waals surface area contributed by atoms with E-state index in [-0.39, 0.29) is 33.7 Å². The van der Waals surface area contributed by atoms with E-state index >= 15 is 0 Å². The van der Waals surface area contributed by atoms with Gasteiger partial charge < -0.3 is 14.9 Å². The summed E-state index contributed by atoms with van der Waals surface area (Å²) in [5, 5.41) is 20.9. The molecular formula is C28H20N2O6S2. The van der Waals surface area contributed by atoms with E-state index in [4.69, 9.17) is 4.74 Å². The molecule has 8 nitrogen and oxygen atoms in total. The SMILES string of the molecule is O=C(OCC#CCSc1nc2ccccc2n1S(=O)(=O)c1ccc2ccccc2c1)c1ccc(O)c(O)c1. The highest BCUT2D eigenvalue weighted by molar-refractivity contribution is 8.00. The molecule has 0 amide bonds. The van der Waals surface area contributed by atoms with Crippen molar-refractivity contribution in [2.24, 2.45) is 0 Å². The third-order valence-electron chi connectivity index (χ3n) is 5.63. The van der Waals surface area contributed by atoms with Crippen molar-refractivity contribution >= 4 is 49.6 Å². The number of fused-ring (bicyclic) bond motifs is 2. The number of hydrogen-bond donors (Lipinski definition) is 2. The van der Waals surface area contributed by atoms with Gasteiger partial charge in [0.1, 0.15) is 0 Å². The zero-order valence-electron chi connectivity index (χ0n) is 19.7. The number of aromatic hydroxyl groups is 2. The second-order valence-corrected chi connectivity index (χ2v) is 10.8. The Bertz CT molecular complexity index is 1850. The van der Waals surface area contributed by atoms with E-state index in [0.29, 0.717) is 11.0 Å². The quantitative estimate of drug-likeness (QED) is 0.136. The molecule has 2 N–H and O–H groups in total. The molecule has 38 heavy (non-hydrogen) atoms. The number of benzene rings is 4. The average Bonchev–Trinajstić information content (AvgIpc) is 3.31. The molecule has 0 unspecified atom stereocenters. The molecule has 0 saturated carbocycles. The molecule has 1 heterocycles. The Morgan fingerprint density at radius 3 is 2.47 bits per heavy atom. The van der Waals surface area contributed by atoms with Crippen LogP contribution >= 0.6 is 11.8 Å². The Morgan fingerprint density at radius 1 is 0.895 bits per heavy atom. The van der Waals surface area contributed by atoms with Crippen molar-refractivity contribution in [1.29, 1.82) is 0 Å². The molecule has 0 aliphatic heterocycles. The molecular weight excluding hydrogens is 524 g/mol. The van der Waals surface area contributed by atoms with Gasteiger partial charge in [0.2, 0.25) is 0 Å². The summed E-state index contributed by atoms with van der Waals surface area (Å²) in [7, 11) is -3.96. The number of imidazole rings is 1. The molecule has 4 aromatic carbocycles. The van der Waals surface area contributed by atoms with Crippen LogP contribution in [-0.2, 0) is 14.8 Å². The van der Waals surface area contributed by atoms with Crippen LogP contribution in [0.25, 0.3) is 21.8 Å². The molecule has 0 bridgehead atoms. The van der Waals surface area contributed by atoms with E-state index in [0.717, 1.165) is 28.6 Å². The molecule has 10 heteroatoms. The molecule has 0 radical (unpaired) electrons. The van der Waals surface area contributed by atoms with Gasteiger partial charge in [0.15, 0.2) is 23.3 Å². The number of aromatic nitrogens is 2. The molecule has 5 aromatic rings. The number of carbonyl (C=O) groups excluding carboxylic acids is 1. The zero-order chi connectivity index (χ0) is 26.7. The van der Waals surface area contributed by atoms with Gasteiger partial charge in [-0.05, 0) is 53.2 Å². The lowest BCUT2D eigenvalue weighted by atomic mass is 10.1. The second kappa shape index (κ2) is 10.5. The Balaban J connectivity index is 1.34. The Morgan fingerprint density at radius 2 is 1.66 bits per heavy atom. The van der Waals surface area contributed by atoms with Gasteiger partial charge in [0.05, 0.1) is 27.2 Å². The lowest BCUT2D eigenvalue weighted by Crippen LogP contribution is -2.14. The van der Waals surface area contributed by atoms with Crippen LogP contribution in [0, 0.1) is 11.8 Å². The van der Waals surface area contributed by atoms with Crippen molar-refractivity contribution in [2.75, 3.05) is 12.4 Å². The first-order valence-corrected chi connectivity index (χ1v) is 13.8. The normalized spacial score (nSPS) is 11.3. The maximum atomic E-state index is 13.7. The summed E-state index contributed by atoms with van der Waals surface area (Å²) in [6, 6.07) is 23.2. The van der Waals surface area contributed by atoms with E-state index in [9.17, 15) is 23.4 Å². The number of carbonyl (C=O) groups is 1. The zero-order valence-corrected chi connectivity index (χ0v) is 21.4. The first-order valence-electron chi connectivity index (χ1n) is 11.3. The fourth-order valence-corrected chi connectivity index (χ4v) is 6.30. The number of hydrogen-bond acceptors (Lipinski definition) is 8. The van der Waals surface area contributed by atoms with E-state index in [2.05, 4.69) is 16.8 Å². The van der Waals surface area contributed by atoms with Crippen molar-refractivity contribution in [3.8, 4) is 23.3 Å². The van der Waals surface area contributed by atoms with Crippen molar-refractivity contribution in [3.05, 3.63) is 90.5 Å². The minimum Gasteiger partial charge on any atom is -0.504 e. The van der Waals surface area contributed by atoms with Crippen LogP contribution in [0.2, 0.25) is 0 Å². The van der Waals surface area contributed by atoms with E-state index in [1.807, 2.05) is 24.3 Å². The first-order chi connectivity index (χ1) is 18.3. The highest BCUT2D eigenvalue weighted by Crippen LogP contribution is 2.30. The molecule has 0 fully saturated rings. The summed E-state index contributed by atoms with van der Waals surface area (Å²) in [5.41, 5.74) is 1.07. The fraction of sp³-hybridized carbons (Fsp3) is 0.0714. The van der Waals surface area contributed by atoms with Gasteiger partial charge in [-0.2, -0.15) is 0 Å². The minimum atomic E-state index is -3.96. The molecule has 0 spiro atoms. The van der Waals surface area contributed by atoms with Crippen LogP contribution in [0.4, 0.5) is 0 Å². The third-order valence-corrected chi connectivity index (χ3v) is 8.27. The maximum absolute atomic E-state index is 13.7. The number of para-hydroxylation sites is 2. The van der Waals surface area contributed by atoms with E-state index in [1.54, 1.807) is 42.5 Å². The number of nitrogens with zero attached hydrogens (tertiary/aromatic N) is 2. The predicted molar refractivity (Wildman–Crippen MR) is 145 cm³/mol. The van der Waals surface area contributed by atoms with Gasteiger partial charge in [-0.3, -0.25) is 0 Å². The predicted octanol–water partition coefficient (Wildman–Crippen LogP) is 4.79. The van der Waals surface area contributed by atoms with Crippen LogP contribution in [0.1, 0.15) is 10.4 Å². The number of phenolic OH excluding ortho intramolecular Hbond substituents is 2. The van der Waals surface area contributed by atoms with E-state index in [1.165, 1.54) is 16.1 Å². The molecule has 0 aliphatic carbocycles. The average molecular weight is 545 g/mol. The smallest absolute Gasteiger partial charge is 0.339 e. The van der Waals surface area contributed by atoms with Crippen LogP contribution in [0.15, 0.2) is 95.0 Å². The largest absolute Gasteiger partial charge is 0.504 e. The molecule has 0 saturated heterocycles. The first kappa shape index (κ1) is 25.2. The van der Waals surface area contributed by atoms with Crippen LogP contribution in [0.3, 0.4) is 0 Å². The van der Waals surface area contributed by atoms with E-state index < -0.39 is 21.7 Å². The summed E-state index contributed by atoms with van der Waals surface area (Å²) in [6.45, 7) is -0.202. The highest BCUT2D eigenvalue weighted by atomic mass is 32.2. The van der Waals surface area contributed by atoms with Crippen molar-refractivity contribution in [2.45, 2.75) is 10.1 Å². The fourth-order valence-electron chi connectivity index (χ4n) is 3.78. The molecule has 1 aromatic heterocycles. The van der Waals surface area contributed by atoms with Crippen molar-refractivity contribution < 1.29 is 28.2 Å². The van der Waals surface area contributed by atoms with Gasteiger partial charge >= 0.3 is 5.97 Å². The number of thioether (sulfide) groups is 1. The van der Waals surface area contributed by atoms with Crippen molar-refractivity contribution in [1.82, 2.24) is 8.96 Å². The van der Waals surface area contributed by atoms with Crippen LogP contribution in [-0.4, -0.2) is 45.9 Å². The third kappa shape index (κ3) is 5.02. The lowest BCUT2D eigenvalue weighted by Gasteiger charge is -2.10. The summed E-state index contributed by atoms with van der Waals surface area (Å²) in [4.78, 5) is 16.7. The topological polar surface area (TPSA) is 119 Å². The molecule has 0 aliphatic rings. The Labute approximate surface area is 222 Å². The molecule has 0 atom stereocenters. The van der Waals surface area contributed by atoms with Gasteiger partial charge in [-0.1, -0.05) is 66.1 Å². The standard InChI is InChI=1S/C28H20N2O6S2/c31-25-14-12-21(18-26(25)32)27(33)36-15-5-6-16-37-28-29-23-9-3-4-10-24(23)30(28)38(34,35)22-13-11-19-7-1-2-8-20(19)17-22/h1-4,7-14,17-18,31-32H,15-16H2. The summed E-state index contributed by atoms with van der Waals surface area (Å²) in [5.74, 6) is 4.29. The second-order valence-electron chi connectivity index (χ2n) is 8.08. The number of ether oxygens (including phenoxy) is 1. The minimum absolute atomic E-state index is 0.0732. The van der Waals surface area contributed by atoms with Gasteiger partial charge in [0.25, 0.3) is 10.0 Å². The van der Waals surface area contributed by atoms with Gasteiger partial charge in [-0.15, -0.1) is 0 Å². The monoisotopic (exact) mass is 544 g/mol. The lowest BCUT2D eigenvalue weighted by molar-refractivity contribution is 0.0556. The highest BCUT2D eigenvalue weighted by Gasteiger charge is 2.24. The van der Waals surface area contributed by atoms with Gasteiger partial charge in [-0.25, -0.2) is 22.2 Å². The Hall–Kier alpha value is -4.46. The summed E-state index contributed by atoms with van der Waals surface area (Å²) in [6.07, 6.45) is 0. The summed E-state index contributed by atoms with van der Waals surface area (Å²) < 4.78 is 33.8. The number of rotatable bonds is 6. The van der Waals surface area contributed by atoms with Crippen LogP contribution < -0.4 is 0 Å². The number of phenols is 2. The number of esters is 1. The maximum Gasteiger partial charge on any atom is 0.339 e. The molecule has 5 rings (SSSR count). The van der Waals surface area contributed by atoms with Crippen LogP contribution in [0.5, 0.6) is 11.5 Å².